The molecule has 4 amide bonds. The van der Waals surface area contributed by atoms with Gasteiger partial charge < -0.3 is 20.2 Å². The number of fused-ring (bicyclic) bond motifs is 1. The van der Waals surface area contributed by atoms with E-state index < -0.39 is 30.1 Å². The zero-order chi connectivity index (χ0) is 29.3. The first-order valence-corrected chi connectivity index (χ1v) is 13.3. The monoisotopic (exact) mass is 563 g/mol. The normalized spacial score (nSPS) is 20.1. The van der Waals surface area contributed by atoms with Gasteiger partial charge in [-0.2, -0.15) is 0 Å². The third-order valence-electron chi connectivity index (χ3n) is 7.64. The molecule has 214 valence electrons. The van der Waals surface area contributed by atoms with Crippen molar-refractivity contribution in [3.8, 4) is 5.75 Å². The second kappa shape index (κ2) is 11.5. The van der Waals surface area contributed by atoms with Crippen LogP contribution in [-0.2, 0) is 22.6 Å². The number of nitrogens with zero attached hydrogens (tertiary/aromatic N) is 4. The average Bonchev–Trinajstić information content (AvgIpc) is 2.95. The molecule has 0 radical (unpaired) electrons. The number of likely N-dealkylation sites (N-methyl/N-ethyl adjacent to an activating group) is 1. The number of hydrogen-bond acceptors (Lipinski definition) is 5. The van der Waals surface area contributed by atoms with Gasteiger partial charge in [0.15, 0.2) is 0 Å². The first kappa shape index (κ1) is 28.0. The summed E-state index contributed by atoms with van der Waals surface area (Å²) in [6.45, 7) is 1.87. The molecule has 0 aromatic heterocycles. The largest absolute Gasteiger partial charge is 0.508 e. The molecule has 11 heteroatoms. The number of benzene rings is 3. The Morgan fingerprint density at radius 1 is 0.951 bits per heavy atom. The van der Waals surface area contributed by atoms with E-state index in [1.54, 1.807) is 48.3 Å². The fourth-order valence-corrected chi connectivity index (χ4v) is 5.45. The van der Waals surface area contributed by atoms with Crippen LogP contribution in [0.4, 0.5) is 13.6 Å². The Morgan fingerprint density at radius 3 is 2.17 bits per heavy atom. The first-order valence-electron chi connectivity index (χ1n) is 13.3. The molecule has 2 aliphatic heterocycles. The van der Waals surface area contributed by atoms with Crippen molar-refractivity contribution in [1.29, 1.82) is 0 Å². The Balaban J connectivity index is 1.47. The molecule has 9 nitrogen and oxygen atoms in total. The molecule has 0 aliphatic carbocycles. The quantitative estimate of drug-likeness (QED) is 0.479. The van der Waals surface area contributed by atoms with Crippen molar-refractivity contribution in [2.75, 3.05) is 20.1 Å². The number of piperazine rings is 1. The van der Waals surface area contributed by atoms with Crippen molar-refractivity contribution in [3.63, 3.8) is 0 Å². The predicted molar refractivity (Wildman–Crippen MR) is 146 cm³/mol. The van der Waals surface area contributed by atoms with E-state index in [1.807, 2.05) is 6.92 Å². The van der Waals surface area contributed by atoms with Crippen LogP contribution in [0.2, 0.25) is 0 Å². The van der Waals surface area contributed by atoms with Crippen LogP contribution in [0.1, 0.15) is 29.7 Å². The van der Waals surface area contributed by atoms with Crippen molar-refractivity contribution in [2.24, 2.45) is 0 Å². The zero-order valence-corrected chi connectivity index (χ0v) is 22.7. The van der Waals surface area contributed by atoms with Crippen LogP contribution in [0.25, 0.3) is 0 Å². The van der Waals surface area contributed by atoms with Gasteiger partial charge in [0, 0.05) is 20.0 Å². The molecular formula is C30H31F2N5O4. The number of hydrogen-bond donors (Lipinski definition) is 2. The number of carbonyl (C=O) groups excluding carboxylic acids is 3. The lowest BCUT2D eigenvalue weighted by atomic mass is 9.96. The summed E-state index contributed by atoms with van der Waals surface area (Å²) in [5, 5.41) is 15.5. The number of phenolic OH excluding ortho intramolecular Hbond substituents is 1. The number of nitrogens with one attached hydrogen (secondary N) is 1. The van der Waals surface area contributed by atoms with Gasteiger partial charge in [0.25, 0.3) is 0 Å². The summed E-state index contributed by atoms with van der Waals surface area (Å²) in [4.78, 5) is 44.1. The summed E-state index contributed by atoms with van der Waals surface area (Å²) >= 11 is 0. The third kappa shape index (κ3) is 5.85. The number of carbonyl (C=O) groups is 3. The summed E-state index contributed by atoms with van der Waals surface area (Å²) in [6, 6.07) is 16.2. The molecular weight excluding hydrogens is 532 g/mol. The van der Waals surface area contributed by atoms with Crippen LogP contribution in [-0.4, -0.2) is 75.1 Å². The highest BCUT2D eigenvalue weighted by atomic mass is 19.1. The lowest BCUT2D eigenvalue weighted by molar-refractivity contribution is -0.189. The van der Waals surface area contributed by atoms with Gasteiger partial charge in [-0.1, -0.05) is 36.4 Å². The fourth-order valence-electron chi connectivity index (χ4n) is 5.45. The smallest absolute Gasteiger partial charge is 0.334 e. The topological polar surface area (TPSA) is 96.4 Å². The second-order valence-electron chi connectivity index (χ2n) is 10.3. The van der Waals surface area contributed by atoms with Crippen molar-refractivity contribution in [1.82, 2.24) is 25.1 Å². The lowest BCUT2D eigenvalue weighted by Gasteiger charge is -2.55. The van der Waals surface area contributed by atoms with Crippen LogP contribution in [0.3, 0.4) is 0 Å². The maximum absolute atomic E-state index is 14.0. The number of urea groups is 1. The Labute approximate surface area is 236 Å². The summed E-state index contributed by atoms with van der Waals surface area (Å²) in [5.74, 6) is -1.30. The van der Waals surface area contributed by atoms with E-state index in [1.165, 1.54) is 51.3 Å². The number of aromatic hydroxyl groups is 1. The highest BCUT2D eigenvalue weighted by Gasteiger charge is 2.51. The summed E-state index contributed by atoms with van der Waals surface area (Å²) in [5.41, 5.74) is 2.14. The van der Waals surface area contributed by atoms with Crippen LogP contribution in [0.15, 0.2) is 72.8 Å². The molecule has 3 atom stereocenters. The SMILES string of the molecule is CC(c1ccc(F)cc1)N1C[C@H]2N(C(=O)CN(C)N2C(=O)NCc2ccc(F)cc2)C(Cc2ccc(O)cc2)C1=O. The van der Waals surface area contributed by atoms with E-state index in [4.69, 9.17) is 0 Å². The van der Waals surface area contributed by atoms with Crippen LogP contribution in [0.5, 0.6) is 5.75 Å². The predicted octanol–water partition coefficient (Wildman–Crippen LogP) is 3.41. The molecule has 0 bridgehead atoms. The van der Waals surface area contributed by atoms with Gasteiger partial charge in [-0.15, -0.1) is 0 Å². The Bertz CT molecular complexity index is 1420. The van der Waals surface area contributed by atoms with Crippen molar-refractivity contribution in [2.45, 2.75) is 38.1 Å². The highest BCUT2D eigenvalue weighted by Crippen LogP contribution is 2.32. The Kier molecular flexibility index (Phi) is 7.89. The number of phenols is 1. The van der Waals surface area contributed by atoms with Gasteiger partial charge in [-0.25, -0.2) is 23.6 Å². The van der Waals surface area contributed by atoms with Crippen LogP contribution in [0, 0.1) is 11.6 Å². The minimum atomic E-state index is -0.921. The maximum atomic E-state index is 14.0. The molecule has 3 aromatic carbocycles. The van der Waals surface area contributed by atoms with E-state index in [0.717, 1.165) is 5.56 Å². The number of hydrazine groups is 1. The third-order valence-corrected chi connectivity index (χ3v) is 7.64. The van der Waals surface area contributed by atoms with E-state index >= 15 is 0 Å². The van der Waals surface area contributed by atoms with Gasteiger partial charge in [0.1, 0.15) is 29.6 Å². The van der Waals surface area contributed by atoms with Gasteiger partial charge >= 0.3 is 6.03 Å². The molecule has 5 rings (SSSR count). The minimum Gasteiger partial charge on any atom is -0.508 e. The van der Waals surface area contributed by atoms with E-state index in [0.29, 0.717) is 11.1 Å². The van der Waals surface area contributed by atoms with Crippen LogP contribution < -0.4 is 5.32 Å². The summed E-state index contributed by atoms with van der Waals surface area (Å²) < 4.78 is 27.0. The molecule has 2 unspecified atom stereocenters. The summed E-state index contributed by atoms with van der Waals surface area (Å²) in [6.07, 6.45) is -0.653. The average molecular weight is 564 g/mol. The molecule has 2 fully saturated rings. The van der Waals surface area contributed by atoms with Crippen LogP contribution >= 0.6 is 0 Å². The van der Waals surface area contributed by atoms with Gasteiger partial charge in [-0.05, 0) is 60.0 Å². The van der Waals surface area contributed by atoms with Crippen molar-refractivity contribution < 1.29 is 28.3 Å². The lowest BCUT2D eigenvalue weighted by Crippen LogP contribution is -2.76. The minimum absolute atomic E-state index is 0.0313. The van der Waals surface area contributed by atoms with E-state index in [-0.39, 0.29) is 49.4 Å². The molecule has 2 N–H and O–H groups in total. The Morgan fingerprint density at radius 2 is 1.54 bits per heavy atom. The maximum Gasteiger partial charge on any atom is 0.334 e. The zero-order valence-electron chi connectivity index (χ0n) is 22.7. The fraction of sp³-hybridized carbons (Fsp3) is 0.300. The highest BCUT2D eigenvalue weighted by molar-refractivity contribution is 5.92. The van der Waals surface area contributed by atoms with Crippen molar-refractivity contribution >= 4 is 17.8 Å². The number of rotatable bonds is 6. The molecule has 2 aliphatic rings. The molecule has 0 spiro atoms. The number of amides is 4. The first-order chi connectivity index (χ1) is 19.6. The molecule has 3 aromatic rings. The summed E-state index contributed by atoms with van der Waals surface area (Å²) in [7, 11) is 1.63. The van der Waals surface area contributed by atoms with E-state index in [9.17, 15) is 28.3 Å². The van der Waals surface area contributed by atoms with E-state index in [2.05, 4.69) is 5.32 Å². The molecule has 2 heterocycles. The van der Waals surface area contributed by atoms with Crippen molar-refractivity contribution in [3.05, 3.63) is 101 Å². The van der Waals surface area contributed by atoms with Gasteiger partial charge in [-0.3, -0.25) is 9.59 Å². The molecule has 2 saturated heterocycles. The second-order valence-corrected chi connectivity index (χ2v) is 10.3. The van der Waals surface area contributed by atoms with Gasteiger partial charge in [0.2, 0.25) is 11.8 Å². The number of halogens is 2. The Hall–Kier alpha value is -4.51. The molecule has 0 saturated carbocycles. The standard InChI is InChI=1S/C30H31F2N5O4/c1-19(22-7-11-24(32)12-8-22)35-17-27-36(26(29(35)40)15-20-5-13-25(38)14-6-20)28(39)18-34(2)37(27)30(41)33-16-21-3-9-23(31)10-4-21/h3-14,19,26-27,38H,15-18H2,1-2H3,(H,33,41)/t19?,26?,27-/m0/s1. The molecule has 41 heavy (non-hydrogen) atoms. The van der Waals surface area contributed by atoms with Gasteiger partial charge in [0.05, 0.1) is 19.1 Å².